The van der Waals surface area contributed by atoms with Crippen LogP contribution in [0.3, 0.4) is 0 Å². The minimum Gasteiger partial charge on any atom is -0.496 e. The Morgan fingerprint density at radius 2 is 2.22 bits per heavy atom. The first-order chi connectivity index (χ1) is 8.67. The van der Waals surface area contributed by atoms with Gasteiger partial charge in [0, 0.05) is 18.3 Å². The van der Waals surface area contributed by atoms with Crippen molar-refractivity contribution in [1.29, 1.82) is 0 Å². The molecule has 0 aliphatic heterocycles. The maximum Gasteiger partial charge on any atom is 0.257 e. The first-order valence-corrected chi connectivity index (χ1v) is 6.41. The van der Waals surface area contributed by atoms with Crippen LogP contribution < -0.4 is 10.5 Å². The van der Waals surface area contributed by atoms with Crippen molar-refractivity contribution in [3.63, 3.8) is 0 Å². The topological polar surface area (TPSA) is 55.6 Å². The van der Waals surface area contributed by atoms with Crippen molar-refractivity contribution in [3.05, 3.63) is 23.8 Å². The Bertz CT molecular complexity index is 441. The Hall–Kier alpha value is -1.71. The molecule has 1 aliphatic rings. The molecule has 1 aromatic rings. The van der Waals surface area contributed by atoms with E-state index in [0.29, 0.717) is 23.0 Å². The maximum absolute atomic E-state index is 12.5. The molecule has 1 aliphatic carbocycles. The van der Waals surface area contributed by atoms with Gasteiger partial charge in [0.1, 0.15) is 5.75 Å². The number of carbonyl (C=O) groups excluding carboxylic acids is 1. The van der Waals surface area contributed by atoms with E-state index in [9.17, 15) is 4.79 Å². The van der Waals surface area contributed by atoms with E-state index in [2.05, 4.69) is 6.92 Å². The Morgan fingerprint density at radius 1 is 1.50 bits per heavy atom. The fourth-order valence-electron chi connectivity index (χ4n) is 2.12. The minimum atomic E-state index is 0.0310. The molecule has 0 spiro atoms. The van der Waals surface area contributed by atoms with E-state index in [4.69, 9.17) is 10.5 Å². The summed E-state index contributed by atoms with van der Waals surface area (Å²) in [6.07, 6.45) is 3.18. The first-order valence-electron chi connectivity index (χ1n) is 6.41. The number of carbonyl (C=O) groups is 1. The van der Waals surface area contributed by atoms with Crippen molar-refractivity contribution in [2.75, 3.05) is 19.4 Å². The molecule has 1 aromatic carbocycles. The van der Waals surface area contributed by atoms with Crippen LogP contribution in [0.1, 0.15) is 36.5 Å². The molecule has 1 fully saturated rings. The average Bonchev–Trinajstić information content (AvgIpc) is 3.19. The third kappa shape index (κ3) is 2.58. The number of ether oxygens (including phenoxy) is 1. The van der Waals surface area contributed by atoms with E-state index < -0.39 is 0 Å². The highest BCUT2D eigenvalue weighted by molar-refractivity contribution is 5.98. The molecular formula is C14H20N2O2. The minimum absolute atomic E-state index is 0.0310. The second-order valence-corrected chi connectivity index (χ2v) is 4.69. The lowest BCUT2D eigenvalue weighted by molar-refractivity contribution is 0.0740. The Morgan fingerprint density at radius 3 is 2.78 bits per heavy atom. The van der Waals surface area contributed by atoms with Gasteiger partial charge in [-0.2, -0.15) is 0 Å². The number of hydrogen-bond donors (Lipinski definition) is 1. The van der Waals surface area contributed by atoms with E-state index in [1.54, 1.807) is 25.3 Å². The van der Waals surface area contributed by atoms with Gasteiger partial charge >= 0.3 is 0 Å². The molecule has 1 saturated carbocycles. The van der Waals surface area contributed by atoms with E-state index in [0.717, 1.165) is 25.8 Å². The highest BCUT2D eigenvalue weighted by Gasteiger charge is 2.33. The highest BCUT2D eigenvalue weighted by atomic mass is 16.5. The van der Waals surface area contributed by atoms with Gasteiger partial charge in [0.2, 0.25) is 0 Å². The summed E-state index contributed by atoms with van der Waals surface area (Å²) in [7, 11) is 1.57. The van der Waals surface area contributed by atoms with Crippen molar-refractivity contribution in [3.8, 4) is 5.75 Å². The van der Waals surface area contributed by atoms with E-state index in [-0.39, 0.29) is 5.91 Å². The van der Waals surface area contributed by atoms with Gasteiger partial charge in [-0.15, -0.1) is 0 Å². The molecule has 4 heteroatoms. The number of methoxy groups -OCH3 is 1. The molecule has 18 heavy (non-hydrogen) atoms. The fraction of sp³-hybridized carbons (Fsp3) is 0.500. The van der Waals surface area contributed by atoms with E-state index >= 15 is 0 Å². The summed E-state index contributed by atoms with van der Waals surface area (Å²) in [4.78, 5) is 14.5. The Kier molecular flexibility index (Phi) is 3.75. The summed E-state index contributed by atoms with van der Waals surface area (Å²) in [5, 5.41) is 0. The van der Waals surface area contributed by atoms with Gasteiger partial charge in [0.15, 0.2) is 0 Å². The van der Waals surface area contributed by atoms with Gasteiger partial charge in [-0.05, 0) is 37.5 Å². The number of nitrogens with zero attached hydrogens (tertiary/aromatic N) is 1. The lowest BCUT2D eigenvalue weighted by Gasteiger charge is -2.23. The molecule has 0 heterocycles. The Labute approximate surface area is 108 Å². The van der Waals surface area contributed by atoms with Crippen LogP contribution in [0.4, 0.5) is 5.69 Å². The summed E-state index contributed by atoms with van der Waals surface area (Å²) >= 11 is 0. The van der Waals surface area contributed by atoms with Gasteiger partial charge in [-0.25, -0.2) is 0 Å². The van der Waals surface area contributed by atoms with Crippen LogP contribution >= 0.6 is 0 Å². The summed E-state index contributed by atoms with van der Waals surface area (Å²) in [5.74, 6) is 0.624. The van der Waals surface area contributed by atoms with Crippen molar-refractivity contribution < 1.29 is 9.53 Å². The molecule has 2 rings (SSSR count). The molecule has 0 bridgehead atoms. The molecule has 2 N–H and O–H groups in total. The van der Waals surface area contributed by atoms with Gasteiger partial charge in [-0.3, -0.25) is 4.79 Å². The summed E-state index contributed by atoms with van der Waals surface area (Å²) in [6, 6.07) is 5.60. The molecule has 0 radical (unpaired) electrons. The molecule has 4 nitrogen and oxygen atoms in total. The SMILES string of the molecule is CCCN(C(=O)c1cc(N)ccc1OC)C1CC1. The van der Waals surface area contributed by atoms with Crippen LogP contribution in [-0.4, -0.2) is 30.5 Å². The van der Waals surface area contributed by atoms with Crippen molar-refractivity contribution in [1.82, 2.24) is 4.90 Å². The largest absolute Gasteiger partial charge is 0.496 e. The zero-order chi connectivity index (χ0) is 13.1. The number of hydrogen-bond acceptors (Lipinski definition) is 3. The van der Waals surface area contributed by atoms with Crippen LogP contribution in [0.2, 0.25) is 0 Å². The molecule has 0 saturated heterocycles. The smallest absolute Gasteiger partial charge is 0.257 e. The predicted molar refractivity (Wildman–Crippen MR) is 71.8 cm³/mol. The van der Waals surface area contributed by atoms with Gasteiger partial charge in [-0.1, -0.05) is 6.92 Å². The number of nitrogen functional groups attached to an aromatic ring is 1. The summed E-state index contributed by atoms with van der Waals surface area (Å²) < 4.78 is 5.25. The Balaban J connectivity index is 2.28. The highest BCUT2D eigenvalue weighted by Crippen LogP contribution is 2.31. The van der Waals surface area contributed by atoms with Gasteiger partial charge in [0.05, 0.1) is 12.7 Å². The third-order valence-corrected chi connectivity index (χ3v) is 3.17. The zero-order valence-electron chi connectivity index (χ0n) is 11.0. The van der Waals surface area contributed by atoms with Crippen LogP contribution in [0.15, 0.2) is 18.2 Å². The van der Waals surface area contributed by atoms with Crippen molar-refractivity contribution in [2.45, 2.75) is 32.2 Å². The number of amides is 1. The first kappa shape index (κ1) is 12.7. The monoisotopic (exact) mass is 248 g/mol. The number of nitrogens with two attached hydrogens (primary N) is 1. The summed E-state index contributed by atoms with van der Waals surface area (Å²) in [5.41, 5.74) is 6.92. The van der Waals surface area contributed by atoms with E-state index in [1.807, 2.05) is 4.90 Å². The van der Waals surface area contributed by atoms with Gasteiger partial charge in [0.25, 0.3) is 5.91 Å². The van der Waals surface area contributed by atoms with Crippen LogP contribution in [0.5, 0.6) is 5.75 Å². The third-order valence-electron chi connectivity index (χ3n) is 3.17. The van der Waals surface area contributed by atoms with Crippen LogP contribution in [-0.2, 0) is 0 Å². The zero-order valence-corrected chi connectivity index (χ0v) is 11.0. The van der Waals surface area contributed by atoms with E-state index in [1.165, 1.54) is 0 Å². The molecular weight excluding hydrogens is 228 g/mol. The number of rotatable bonds is 5. The summed E-state index contributed by atoms with van der Waals surface area (Å²) in [6.45, 7) is 2.88. The lowest BCUT2D eigenvalue weighted by Crippen LogP contribution is -2.34. The molecule has 0 unspecified atom stereocenters. The van der Waals surface area contributed by atoms with Crippen LogP contribution in [0.25, 0.3) is 0 Å². The molecule has 0 aromatic heterocycles. The predicted octanol–water partition coefficient (Wildman–Crippen LogP) is 2.29. The van der Waals surface area contributed by atoms with Crippen molar-refractivity contribution in [2.24, 2.45) is 0 Å². The second kappa shape index (κ2) is 5.29. The standard InChI is InChI=1S/C14H20N2O2/c1-3-8-16(11-5-6-11)14(17)12-9-10(15)4-7-13(12)18-2/h4,7,9,11H,3,5-6,8,15H2,1-2H3. The molecule has 1 amide bonds. The number of anilines is 1. The maximum atomic E-state index is 12.5. The van der Waals surface area contributed by atoms with Crippen LogP contribution in [0, 0.1) is 0 Å². The average molecular weight is 248 g/mol. The fourth-order valence-corrected chi connectivity index (χ4v) is 2.12. The molecule has 0 atom stereocenters. The number of benzene rings is 1. The van der Waals surface area contributed by atoms with Crippen molar-refractivity contribution >= 4 is 11.6 Å². The normalized spacial score (nSPS) is 14.3. The molecule has 98 valence electrons. The second-order valence-electron chi connectivity index (χ2n) is 4.69. The quantitative estimate of drug-likeness (QED) is 0.813. The lowest BCUT2D eigenvalue weighted by atomic mass is 10.1. The van der Waals surface area contributed by atoms with Gasteiger partial charge < -0.3 is 15.4 Å².